The summed E-state index contributed by atoms with van der Waals surface area (Å²) in [6.07, 6.45) is 2.67. The molecule has 1 aromatic heterocycles. The molecule has 14 atom stereocenters. The van der Waals surface area contributed by atoms with Crippen molar-refractivity contribution in [1.29, 1.82) is 0 Å². The van der Waals surface area contributed by atoms with Crippen molar-refractivity contribution in [2.75, 3.05) is 54.6 Å². The van der Waals surface area contributed by atoms with Crippen molar-refractivity contribution >= 4 is 88.3 Å². The Balaban J connectivity index is 3.01. The van der Waals surface area contributed by atoms with Gasteiger partial charge in [-0.05, 0) is 119 Å². The molecule has 2 rings (SSSR count). The van der Waals surface area contributed by atoms with Gasteiger partial charge in [-0.25, -0.2) is 0 Å². The van der Waals surface area contributed by atoms with E-state index in [-0.39, 0.29) is 68.1 Å². The number of likely N-dealkylation sites (N-methyl/N-ethyl adjacent to an activating group) is 6. The number of allylic oxidation sites excluding steroid dienone is 2. The third kappa shape index (κ3) is 24.3. The molecule has 0 saturated carbocycles. The number of hydrogen-bond donors (Lipinski definition) is 7. The molecule has 522 valence electrons. The predicted molar refractivity (Wildman–Crippen MR) is 355 cm³/mol. The van der Waals surface area contributed by atoms with Gasteiger partial charge in [-0.15, -0.1) is 16.9 Å². The van der Waals surface area contributed by atoms with Crippen molar-refractivity contribution in [2.24, 2.45) is 41.4 Å². The topological polar surface area (TPSA) is 334 Å². The van der Waals surface area contributed by atoms with Crippen LogP contribution in [0.2, 0.25) is 0 Å². The maximum atomic E-state index is 15.2. The maximum absolute atomic E-state index is 15.2. The molecule has 1 aromatic rings. The van der Waals surface area contributed by atoms with E-state index < -0.39 is 156 Å². The molecule has 0 aromatic carbocycles. The van der Waals surface area contributed by atoms with Crippen LogP contribution in [0.1, 0.15) is 149 Å². The van der Waals surface area contributed by atoms with Crippen LogP contribution in [0.5, 0.6) is 0 Å². The van der Waals surface area contributed by atoms with Crippen molar-refractivity contribution < 1.29 is 63.0 Å². The lowest BCUT2D eigenvalue weighted by Crippen LogP contribution is -2.64. The van der Waals surface area contributed by atoms with Gasteiger partial charge in [-0.2, -0.15) is 0 Å². The Bertz CT molecular complexity index is 2660. The first kappa shape index (κ1) is 81.8. The summed E-state index contributed by atoms with van der Waals surface area (Å²) in [6.45, 7) is 26.9. The molecule has 92 heavy (non-hydrogen) atoms. The van der Waals surface area contributed by atoms with Gasteiger partial charge in [0, 0.05) is 48.0 Å². The molecule has 0 radical (unpaired) electrons. The van der Waals surface area contributed by atoms with E-state index in [1.54, 1.807) is 46.0 Å². The second-order valence-electron chi connectivity index (χ2n) is 27.2. The summed E-state index contributed by atoms with van der Waals surface area (Å²) in [5.74, 6) is -10.2. The standard InChI is InChI=1S/C64H111N13O13S2/c1-23-24-25-40(13)54(80)53-59(85)70-51(43(16)78)63(89)72(17)32-49(79)73(18)46(28-36(6)7)57(83)68-44(26-34(2)3)61(87)75(20)47(29-37(8)9)56(82)66-41(14)55(81)67-42(15)60(86)74(19)48(30-39(12)33-91-50-31-65-71-92-50)58(84)69-45(27-35(4)5)62(88)76(21)52(38(10)11)64(90)77(53)22/h23-24,31,34-48,51-54,78,80H,25-30,32-33H2,1-22H3,(H,66,82)(H,67,81)(H,68,83)(H,69,84)(H,70,85)/b24-23+/t39-,40+,41-,42+,43?,44-,45-,46-,47-,48-,51-,52-,53-,54+/m0/s1. The van der Waals surface area contributed by atoms with Crippen molar-refractivity contribution in [3.8, 4) is 0 Å². The van der Waals surface area contributed by atoms with E-state index in [0.29, 0.717) is 5.75 Å². The molecule has 26 nitrogen and oxygen atoms in total. The predicted octanol–water partition coefficient (Wildman–Crippen LogP) is 2.91. The minimum Gasteiger partial charge on any atom is -0.391 e. The Hall–Kier alpha value is -6.26. The van der Waals surface area contributed by atoms with Gasteiger partial charge in [0.1, 0.15) is 64.6 Å². The monoisotopic (exact) mass is 1330 g/mol. The van der Waals surface area contributed by atoms with Gasteiger partial charge in [0.15, 0.2) is 0 Å². The molecule has 2 heterocycles. The van der Waals surface area contributed by atoms with Crippen LogP contribution < -0.4 is 26.6 Å². The first-order chi connectivity index (χ1) is 42.7. The first-order valence-corrected chi connectivity index (χ1v) is 33.9. The summed E-state index contributed by atoms with van der Waals surface area (Å²) in [5.41, 5.74) is 0. The minimum atomic E-state index is -1.76. The molecular formula is C64H111N13O13S2. The number of aromatic nitrogens is 2. The Labute approximate surface area is 554 Å². The largest absolute Gasteiger partial charge is 0.391 e. The summed E-state index contributed by atoms with van der Waals surface area (Å²) >= 11 is 2.65. The van der Waals surface area contributed by atoms with E-state index in [1.165, 1.54) is 101 Å². The summed E-state index contributed by atoms with van der Waals surface area (Å²) in [5, 5.41) is 41.0. The van der Waals surface area contributed by atoms with E-state index in [1.807, 2.05) is 62.3 Å². The highest BCUT2D eigenvalue weighted by molar-refractivity contribution is 8.01. The highest BCUT2D eigenvalue weighted by Crippen LogP contribution is 2.27. The number of aliphatic hydroxyl groups excluding tert-OH is 2. The quantitative estimate of drug-likeness (QED) is 0.0774. The molecular weight excluding hydrogens is 1220 g/mol. The van der Waals surface area contributed by atoms with Crippen LogP contribution in [-0.4, -0.2) is 241 Å². The lowest BCUT2D eigenvalue weighted by Gasteiger charge is -2.40. The fourth-order valence-corrected chi connectivity index (χ4v) is 12.6. The molecule has 0 spiro atoms. The SMILES string of the molecule is C/C=C/C[C@@H](C)[C@@H](O)[C@H]1C(=O)N[C@@H](C(C)O)C(=O)N(C)CC(=O)N(C)[C@@H](CC(C)C)C(=O)N[C@@H](CC(C)C)C(=O)N(C)[C@@H](CC(C)C)C(=O)N[C@@H](C)C(=O)N[C@H](C)C(=O)N(C)[C@@H](C[C@H](C)CSc2cnns2)C(=O)N[C@@H](CC(C)C)C(=O)N(C)[C@@H](C(C)C)C(=O)N1C. The van der Waals surface area contributed by atoms with Gasteiger partial charge >= 0.3 is 0 Å². The van der Waals surface area contributed by atoms with E-state index in [0.717, 1.165) is 18.9 Å². The van der Waals surface area contributed by atoms with Gasteiger partial charge in [-0.3, -0.25) is 52.7 Å². The second-order valence-corrected chi connectivity index (χ2v) is 29.3. The van der Waals surface area contributed by atoms with Crippen LogP contribution in [0.15, 0.2) is 22.6 Å². The molecule has 0 aliphatic carbocycles. The van der Waals surface area contributed by atoms with Gasteiger partial charge in [0.2, 0.25) is 65.0 Å². The third-order valence-electron chi connectivity index (χ3n) is 16.5. The van der Waals surface area contributed by atoms with E-state index in [9.17, 15) is 48.6 Å². The zero-order valence-corrected chi connectivity index (χ0v) is 60.3. The van der Waals surface area contributed by atoms with Gasteiger partial charge in [0.25, 0.3) is 0 Å². The Morgan fingerprint density at radius 2 is 1.00 bits per heavy atom. The minimum absolute atomic E-state index is 0.0688. The number of carbonyl (C=O) groups excluding carboxylic acids is 11. The van der Waals surface area contributed by atoms with Crippen molar-refractivity contribution in [3.05, 3.63) is 18.3 Å². The highest BCUT2D eigenvalue weighted by Gasteiger charge is 2.45. The lowest BCUT2D eigenvalue weighted by molar-refractivity contribution is -0.155. The Morgan fingerprint density at radius 3 is 1.47 bits per heavy atom. The Morgan fingerprint density at radius 1 is 0.543 bits per heavy atom. The molecule has 1 aliphatic rings. The third-order valence-corrected chi connectivity index (χ3v) is 18.7. The van der Waals surface area contributed by atoms with Gasteiger partial charge < -0.3 is 66.2 Å². The maximum Gasteiger partial charge on any atom is 0.248 e. The summed E-state index contributed by atoms with van der Waals surface area (Å²) in [7, 11) is 8.15. The lowest BCUT2D eigenvalue weighted by atomic mass is 9.91. The van der Waals surface area contributed by atoms with Crippen molar-refractivity contribution in [3.63, 3.8) is 0 Å². The summed E-state index contributed by atoms with van der Waals surface area (Å²) in [4.78, 5) is 168. The van der Waals surface area contributed by atoms with Crippen LogP contribution in [0.4, 0.5) is 0 Å². The van der Waals surface area contributed by atoms with E-state index in [4.69, 9.17) is 0 Å². The van der Waals surface area contributed by atoms with Crippen LogP contribution in [0.3, 0.4) is 0 Å². The average molecular weight is 1330 g/mol. The van der Waals surface area contributed by atoms with Crippen LogP contribution in [0, 0.1) is 41.4 Å². The zero-order chi connectivity index (χ0) is 70.5. The molecule has 7 N–H and O–H groups in total. The van der Waals surface area contributed by atoms with E-state index >= 15 is 14.4 Å². The number of nitrogens with zero attached hydrogens (tertiary/aromatic N) is 8. The summed E-state index contributed by atoms with van der Waals surface area (Å²) < 4.78 is 4.75. The molecule has 1 unspecified atom stereocenters. The molecule has 1 saturated heterocycles. The van der Waals surface area contributed by atoms with Crippen LogP contribution >= 0.6 is 23.3 Å². The number of nitrogens with one attached hydrogen (secondary N) is 5. The molecule has 1 fully saturated rings. The average Bonchev–Trinajstić information content (AvgIpc) is 1.09. The smallest absolute Gasteiger partial charge is 0.248 e. The highest BCUT2D eigenvalue weighted by atomic mass is 32.2. The molecule has 0 bridgehead atoms. The second kappa shape index (κ2) is 38.2. The number of amides is 11. The van der Waals surface area contributed by atoms with Crippen LogP contribution in [-0.2, 0) is 52.7 Å². The summed E-state index contributed by atoms with van der Waals surface area (Å²) in [6, 6.07) is -13.5. The molecule has 28 heteroatoms. The van der Waals surface area contributed by atoms with Crippen molar-refractivity contribution in [2.45, 2.75) is 226 Å². The number of carbonyl (C=O) groups is 11. The normalized spacial score (nSPS) is 26.3. The van der Waals surface area contributed by atoms with Gasteiger partial charge in [-0.1, -0.05) is 99.7 Å². The Kier molecular flexibility index (Phi) is 34.0. The first-order valence-electron chi connectivity index (χ1n) is 32.2. The number of hydrogen-bond acceptors (Lipinski definition) is 17. The fourth-order valence-electron chi connectivity index (χ4n) is 11.1. The number of aliphatic hydroxyl groups is 2. The zero-order valence-electron chi connectivity index (χ0n) is 58.6. The number of rotatable bonds is 19. The molecule has 1 aliphatic heterocycles. The van der Waals surface area contributed by atoms with Crippen molar-refractivity contribution in [1.82, 2.24) is 65.6 Å². The van der Waals surface area contributed by atoms with Gasteiger partial charge in [0.05, 0.1) is 24.9 Å². The van der Waals surface area contributed by atoms with Crippen LogP contribution in [0.25, 0.3) is 0 Å². The van der Waals surface area contributed by atoms with E-state index in [2.05, 4.69) is 36.2 Å². The molecule has 11 amide bonds. The fraction of sp³-hybridized carbons (Fsp3) is 0.766. The number of thioether (sulfide) groups is 1.